The number of aromatic nitrogens is 2. The molecule has 0 bridgehead atoms. The molecule has 0 fully saturated rings. The molecule has 94 valence electrons. The highest BCUT2D eigenvalue weighted by molar-refractivity contribution is 7.15. The normalized spacial score (nSPS) is 10.6. The molecule has 3 rings (SSSR count). The summed E-state index contributed by atoms with van der Waals surface area (Å²) in [5.41, 5.74) is 2.60. The van der Waals surface area contributed by atoms with E-state index in [1.807, 2.05) is 37.3 Å². The van der Waals surface area contributed by atoms with Crippen LogP contribution < -0.4 is 0 Å². The van der Waals surface area contributed by atoms with Gasteiger partial charge < -0.3 is 5.11 Å². The van der Waals surface area contributed by atoms with E-state index in [9.17, 15) is 5.11 Å². The maximum Gasteiger partial charge on any atom is 0.125 e. The quantitative estimate of drug-likeness (QED) is 0.767. The van der Waals surface area contributed by atoms with Crippen molar-refractivity contribution in [2.24, 2.45) is 0 Å². The number of hydrogen-bond donors (Lipinski definition) is 1. The highest BCUT2D eigenvalue weighted by Crippen LogP contribution is 2.36. The Balaban J connectivity index is 2.11. The van der Waals surface area contributed by atoms with Gasteiger partial charge in [0.15, 0.2) is 0 Å². The Morgan fingerprint density at radius 1 is 1.11 bits per heavy atom. The minimum Gasteiger partial charge on any atom is -0.507 e. The molecule has 0 atom stereocenters. The molecule has 0 aliphatic heterocycles. The molecule has 19 heavy (non-hydrogen) atoms. The van der Waals surface area contributed by atoms with Crippen LogP contribution in [0.4, 0.5) is 0 Å². The first kappa shape index (κ1) is 11.9. The van der Waals surface area contributed by atoms with Crippen LogP contribution in [0, 0.1) is 6.92 Å². The van der Waals surface area contributed by atoms with Gasteiger partial charge in [0.25, 0.3) is 0 Å². The molecule has 3 aromatic rings. The lowest BCUT2D eigenvalue weighted by atomic mass is 10.1. The minimum absolute atomic E-state index is 0.258. The van der Waals surface area contributed by atoms with E-state index in [1.54, 1.807) is 29.8 Å². The summed E-state index contributed by atoms with van der Waals surface area (Å²) >= 11 is 1.61. The molecule has 0 saturated carbocycles. The number of phenols is 1. The molecule has 0 spiro atoms. The SMILES string of the molecule is Cc1sc(-c2cccnc2)nc1-c1ccccc1O. The summed E-state index contributed by atoms with van der Waals surface area (Å²) < 4.78 is 0. The average molecular weight is 268 g/mol. The number of para-hydroxylation sites is 1. The number of nitrogens with zero attached hydrogens (tertiary/aromatic N) is 2. The fourth-order valence-corrected chi connectivity index (χ4v) is 2.85. The number of aromatic hydroxyl groups is 1. The van der Waals surface area contributed by atoms with Crippen LogP contribution in [0.25, 0.3) is 21.8 Å². The molecule has 2 heterocycles. The Morgan fingerprint density at radius 2 is 1.95 bits per heavy atom. The van der Waals surface area contributed by atoms with Crippen LogP contribution in [0.3, 0.4) is 0 Å². The van der Waals surface area contributed by atoms with Crippen LogP contribution in [0.2, 0.25) is 0 Å². The van der Waals surface area contributed by atoms with Gasteiger partial charge in [-0.15, -0.1) is 11.3 Å². The molecule has 2 aromatic heterocycles. The van der Waals surface area contributed by atoms with Crippen LogP contribution in [0.15, 0.2) is 48.8 Å². The van der Waals surface area contributed by atoms with Gasteiger partial charge in [-0.25, -0.2) is 4.98 Å². The second-order valence-electron chi connectivity index (χ2n) is 4.18. The van der Waals surface area contributed by atoms with Gasteiger partial charge in [0, 0.05) is 28.4 Å². The zero-order valence-corrected chi connectivity index (χ0v) is 11.2. The second kappa shape index (κ2) is 4.82. The Bertz CT molecular complexity index is 707. The largest absolute Gasteiger partial charge is 0.507 e. The molecule has 0 aliphatic carbocycles. The molecular weight excluding hydrogens is 256 g/mol. The lowest BCUT2D eigenvalue weighted by Crippen LogP contribution is -1.82. The summed E-state index contributed by atoms with van der Waals surface area (Å²) in [5.74, 6) is 0.258. The van der Waals surface area contributed by atoms with Crippen molar-refractivity contribution in [1.82, 2.24) is 9.97 Å². The fourth-order valence-electron chi connectivity index (χ4n) is 1.93. The Hall–Kier alpha value is -2.20. The zero-order valence-electron chi connectivity index (χ0n) is 10.4. The van der Waals surface area contributed by atoms with E-state index in [0.29, 0.717) is 0 Å². The Kier molecular flexibility index (Phi) is 3.01. The van der Waals surface area contributed by atoms with E-state index in [0.717, 1.165) is 26.7 Å². The second-order valence-corrected chi connectivity index (χ2v) is 5.39. The molecular formula is C15H12N2OS. The monoisotopic (exact) mass is 268 g/mol. The maximum absolute atomic E-state index is 9.92. The third-order valence-corrected chi connectivity index (χ3v) is 3.88. The molecule has 0 radical (unpaired) electrons. The molecule has 0 amide bonds. The van der Waals surface area contributed by atoms with Crippen LogP contribution in [0.1, 0.15) is 4.88 Å². The van der Waals surface area contributed by atoms with E-state index >= 15 is 0 Å². The van der Waals surface area contributed by atoms with Crippen molar-refractivity contribution in [3.8, 4) is 27.6 Å². The van der Waals surface area contributed by atoms with Crippen LogP contribution in [-0.2, 0) is 0 Å². The van der Waals surface area contributed by atoms with Crippen molar-refractivity contribution in [3.63, 3.8) is 0 Å². The third kappa shape index (κ3) is 2.22. The smallest absolute Gasteiger partial charge is 0.125 e. The van der Waals surface area contributed by atoms with Gasteiger partial charge in [0.2, 0.25) is 0 Å². The number of rotatable bonds is 2. The number of pyridine rings is 1. The molecule has 1 N–H and O–H groups in total. The topological polar surface area (TPSA) is 46.0 Å². The lowest BCUT2D eigenvalue weighted by Gasteiger charge is -2.01. The highest BCUT2D eigenvalue weighted by atomic mass is 32.1. The van der Waals surface area contributed by atoms with Gasteiger partial charge >= 0.3 is 0 Å². The van der Waals surface area contributed by atoms with Crippen molar-refractivity contribution in [2.75, 3.05) is 0 Å². The molecule has 3 nitrogen and oxygen atoms in total. The van der Waals surface area contributed by atoms with Gasteiger partial charge in [-0.05, 0) is 31.2 Å². The van der Waals surface area contributed by atoms with Crippen LogP contribution in [-0.4, -0.2) is 15.1 Å². The van der Waals surface area contributed by atoms with Crippen molar-refractivity contribution < 1.29 is 5.11 Å². The van der Waals surface area contributed by atoms with E-state index in [-0.39, 0.29) is 5.75 Å². The van der Waals surface area contributed by atoms with E-state index in [1.165, 1.54) is 0 Å². The molecule has 0 unspecified atom stereocenters. The highest BCUT2D eigenvalue weighted by Gasteiger charge is 2.13. The number of phenolic OH excluding ortho intramolecular Hbond substituents is 1. The standard InChI is InChI=1S/C15H12N2OS/c1-10-14(12-6-2-3-7-13(12)18)17-15(19-10)11-5-4-8-16-9-11/h2-9,18H,1H3. The number of aryl methyl sites for hydroxylation is 1. The Morgan fingerprint density at radius 3 is 2.68 bits per heavy atom. The first-order valence-electron chi connectivity index (χ1n) is 5.92. The summed E-state index contributed by atoms with van der Waals surface area (Å²) in [6.45, 7) is 2.01. The summed E-state index contributed by atoms with van der Waals surface area (Å²) in [5, 5.41) is 10.8. The van der Waals surface area contributed by atoms with Gasteiger partial charge in [0.05, 0.1) is 5.69 Å². The molecule has 0 aliphatic rings. The first-order valence-corrected chi connectivity index (χ1v) is 6.73. The van der Waals surface area contributed by atoms with E-state index in [4.69, 9.17) is 0 Å². The summed E-state index contributed by atoms with van der Waals surface area (Å²) in [6, 6.07) is 11.1. The summed E-state index contributed by atoms with van der Waals surface area (Å²) in [6.07, 6.45) is 3.54. The van der Waals surface area contributed by atoms with Gasteiger partial charge in [-0.2, -0.15) is 0 Å². The van der Waals surface area contributed by atoms with E-state index < -0.39 is 0 Å². The first-order chi connectivity index (χ1) is 9.25. The van der Waals surface area contributed by atoms with Crippen molar-refractivity contribution in [2.45, 2.75) is 6.92 Å². The number of hydrogen-bond acceptors (Lipinski definition) is 4. The van der Waals surface area contributed by atoms with Crippen molar-refractivity contribution >= 4 is 11.3 Å². The lowest BCUT2D eigenvalue weighted by molar-refractivity contribution is 0.477. The summed E-state index contributed by atoms with van der Waals surface area (Å²) in [7, 11) is 0. The molecule has 1 aromatic carbocycles. The summed E-state index contributed by atoms with van der Waals surface area (Å²) in [4.78, 5) is 9.82. The van der Waals surface area contributed by atoms with E-state index in [2.05, 4.69) is 9.97 Å². The van der Waals surface area contributed by atoms with Crippen molar-refractivity contribution in [1.29, 1.82) is 0 Å². The van der Waals surface area contributed by atoms with Gasteiger partial charge in [-0.3, -0.25) is 4.98 Å². The van der Waals surface area contributed by atoms with Gasteiger partial charge in [0.1, 0.15) is 10.8 Å². The molecule has 0 saturated heterocycles. The Labute approximate surface area is 115 Å². The third-order valence-electron chi connectivity index (χ3n) is 2.86. The number of thiazole rings is 1. The maximum atomic E-state index is 9.92. The van der Waals surface area contributed by atoms with Crippen LogP contribution >= 0.6 is 11.3 Å². The van der Waals surface area contributed by atoms with Crippen molar-refractivity contribution in [3.05, 3.63) is 53.7 Å². The zero-order chi connectivity index (χ0) is 13.2. The average Bonchev–Trinajstić information content (AvgIpc) is 2.82. The predicted molar refractivity (Wildman–Crippen MR) is 77.2 cm³/mol. The number of benzene rings is 1. The predicted octanol–water partition coefficient (Wildman–Crippen LogP) is 3.89. The molecule has 4 heteroatoms. The minimum atomic E-state index is 0.258. The van der Waals surface area contributed by atoms with Crippen LogP contribution in [0.5, 0.6) is 5.75 Å². The fraction of sp³-hybridized carbons (Fsp3) is 0.0667. The van der Waals surface area contributed by atoms with Gasteiger partial charge in [-0.1, -0.05) is 12.1 Å².